The van der Waals surface area contributed by atoms with Gasteiger partial charge in [-0.1, -0.05) is 0 Å². The van der Waals surface area contributed by atoms with E-state index in [0.717, 1.165) is 6.34 Å². The molecule has 1 saturated carbocycles. The molecule has 18 heteroatoms. The van der Waals surface area contributed by atoms with Crippen molar-refractivity contribution < 1.29 is 59.5 Å². The highest BCUT2D eigenvalue weighted by Crippen LogP contribution is 2.38. The third kappa shape index (κ3) is 5.87. The van der Waals surface area contributed by atoms with Gasteiger partial charge in [0.15, 0.2) is 30.4 Å². The molecule has 2 aliphatic heterocycles. The summed E-state index contributed by atoms with van der Waals surface area (Å²) in [5.74, 6) is -0.500. The lowest BCUT2D eigenvalue weighted by Gasteiger charge is -2.45. The lowest BCUT2D eigenvalue weighted by atomic mass is 9.81. The predicted octanol–water partition coefficient (Wildman–Crippen LogP) is -7.45. The molecule has 0 bridgehead atoms. The maximum Gasteiger partial charge on any atom is 0.188 e. The molecule has 0 aromatic rings. The molecule has 6 unspecified atom stereocenters. The predicted molar refractivity (Wildman–Crippen MR) is 130 cm³/mol. The minimum Gasteiger partial charge on any atom is -0.394 e. The van der Waals surface area contributed by atoms with E-state index in [-0.39, 0.29) is 6.29 Å². The van der Waals surface area contributed by atoms with E-state index in [1.165, 1.54) is 14.0 Å². The minimum atomic E-state index is -2.36. The van der Waals surface area contributed by atoms with Gasteiger partial charge in [0, 0.05) is 0 Å². The van der Waals surface area contributed by atoms with Gasteiger partial charge >= 0.3 is 0 Å². The molecular weight excluding hydrogens is 528 g/mol. The Morgan fingerprint density at radius 1 is 1.00 bits per heavy atom. The van der Waals surface area contributed by atoms with Crippen LogP contribution in [0.15, 0.2) is 9.98 Å². The van der Waals surface area contributed by atoms with Gasteiger partial charge in [0.1, 0.15) is 60.9 Å². The van der Waals surface area contributed by atoms with Crippen LogP contribution in [0.3, 0.4) is 0 Å². The van der Waals surface area contributed by atoms with Crippen molar-refractivity contribution in [3.63, 3.8) is 0 Å². The van der Waals surface area contributed by atoms with Gasteiger partial charge in [-0.25, -0.2) is 4.99 Å². The van der Waals surface area contributed by atoms with E-state index in [9.17, 15) is 40.5 Å². The highest BCUT2D eigenvalue weighted by molar-refractivity contribution is 5.76. The summed E-state index contributed by atoms with van der Waals surface area (Å²) in [5, 5.41) is 76.4. The van der Waals surface area contributed by atoms with E-state index >= 15 is 0 Å². The number of nitrogens with zero attached hydrogens (tertiary/aromatic N) is 2. The Hall–Kier alpha value is -2.07. The Bertz CT molecular complexity index is 897. The zero-order valence-corrected chi connectivity index (χ0v) is 21.2. The van der Waals surface area contributed by atoms with Crippen LogP contribution in [0.1, 0.15) is 6.92 Å². The average Bonchev–Trinajstić information content (AvgIpc) is 3.13. The van der Waals surface area contributed by atoms with Crippen molar-refractivity contribution in [1.82, 2.24) is 5.32 Å². The summed E-state index contributed by atoms with van der Waals surface area (Å²) < 4.78 is 22.9. The van der Waals surface area contributed by atoms with Gasteiger partial charge in [0.05, 0.1) is 25.1 Å². The molecule has 0 amide bonds. The van der Waals surface area contributed by atoms with E-state index in [1.807, 2.05) is 0 Å². The normalized spacial score (nSPS) is 48.7. The zero-order chi connectivity index (χ0) is 29.2. The quantitative estimate of drug-likeness (QED) is 0.0701. The van der Waals surface area contributed by atoms with Gasteiger partial charge in [-0.05, 0) is 14.0 Å². The van der Waals surface area contributed by atoms with Crippen LogP contribution in [0.4, 0.5) is 0 Å². The second kappa shape index (κ2) is 12.6. The average molecular weight is 567 g/mol. The summed E-state index contributed by atoms with van der Waals surface area (Å²) in [6.07, 6.45) is -16.1. The van der Waals surface area contributed by atoms with E-state index in [1.54, 1.807) is 0 Å². The van der Waals surface area contributed by atoms with Crippen molar-refractivity contribution in [3.8, 4) is 0 Å². The Labute approximate surface area is 223 Å². The molecule has 0 radical (unpaired) electrons. The number of nitrogens with two attached hydrogens (primary N) is 3. The molecule has 3 fully saturated rings. The molecule has 1 aliphatic carbocycles. The Morgan fingerprint density at radius 2 is 1.67 bits per heavy atom. The SMILES string of the molecule is CNC1C(OC2C(O[C@H]3[C@H](O)[C@@H](O)[C@H](N=CN)[C@@H](O)[C@@H]3N=C(N)N)O[C@@H](C)[C@]2(O)C=O)O[C@@H](CO)C(O)C1O. The zero-order valence-electron chi connectivity index (χ0n) is 21.2. The number of carbonyl (C=O) groups is 1. The first-order chi connectivity index (χ1) is 18.4. The van der Waals surface area contributed by atoms with Crippen LogP contribution < -0.4 is 22.5 Å². The summed E-state index contributed by atoms with van der Waals surface area (Å²) in [6.45, 7) is 0.641. The third-order valence-corrected chi connectivity index (χ3v) is 7.30. The maximum absolute atomic E-state index is 12.0. The molecule has 2 heterocycles. The van der Waals surface area contributed by atoms with E-state index < -0.39 is 104 Å². The number of likely N-dealkylation sites (N-methyl/N-ethyl adjacent to an activating group) is 1. The number of aliphatic hydroxyl groups is 7. The summed E-state index contributed by atoms with van der Waals surface area (Å²) >= 11 is 0. The molecule has 18 nitrogen and oxygen atoms in total. The molecule has 14 N–H and O–H groups in total. The van der Waals surface area contributed by atoms with E-state index in [4.69, 9.17) is 36.1 Å². The number of hydrogen-bond acceptors (Lipinski definition) is 15. The van der Waals surface area contributed by atoms with Gasteiger partial charge < -0.3 is 77.2 Å². The summed E-state index contributed by atoms with van der Waals surface area (Å²) in [7, 11) is 1.43. The first-order valence-corrected chi connectivity index (χ1v) is 12.2. The number of guanidine groups is 1. The first-order valence-electron chi connectivity index (χ1n) is 12.2. The number of ether oxygens (including phenoxy) is 4. The molecule has 0 spiro atoms. The highest BCUT2D eigenvalue weighted by atomic mass is 16.8. The van der Waals surface area contributed by atoms with E-state index in [0.29, 0.717) is 0 Å². The standard InChI is InChI=1S/C21H38N6O12/c1-6-21(35,4-29)17(39-18-10(25-2)14(33)11(30)7(3-28)37-18)19(36-6)38-16-9(27-20(23)24)12(31)8(26-5-22)13(32)15(16)34/h4-19,25,28,30-35H,3H2,1-2H3,(H2,22,26)(H4,23,24,27)/t6-,7-,8+,9-,10?,11?,12+,13-,14?,15+,16+,17?,18?,19?,21+/m0/s1. The lowest BCUT2D eigenvalue weighted by molar-refractivity contribution is -0.314. The number of nitrogens with one attached hydrogen (secondary N) is 1. The molecule has 2 saturated heterocycles. The van der Waals surface area contributed by atoms with Gasteiger partial charge in [-0.15, -0.1) is 0 Å². The number of aliphatic imine (C=N–C) groups is 2. The largest absolute Gasteiger partial charge is 0.394 e. The highest BCUT2D eigenvalue weighted by Gasteiger charge is 2.60. The number of hydrogen-bond donors (Lipinski definition) is 11. The molecule has 224 valence electrons. The third-order valence-electron chi connectivity index (χ3n) is 7.30. The Morgan fingerprint density at radius 3 is 2.21 bits per heavy atom. The summed E-state index contributed by atoms with van der Waals surface area (Å²) in [6, 6.07) is -3.88. The van der Waals surface area contributed by atoms with Crippen molar-refractivity contribution in [2.45, 2.75) is 98.2 Å². The second-order valence-corrected chi connectivity index (χ2v) is 9.64. The van der Waals surface area contributed by atoms with Crippen LogP contribution in [0.2, 0.25) is 0 Å². The Kier molecular flexibility index (Phi) is 10.2. The van der Waals surface area contributed by atoms with Gasteiger partial charge in [0.2, 0.25) is 0 Å². The van der Waals surface area contributed by atoms with Crippen molar-refractivity contribution in [2.75, 3.05) is 13.7 Å². The van der Waals surface area contributed by atoms with Crippen LogP contribution in [0.25, 0.3) is 0 Å². The minimum absolute atomic E-state index is 0.151. The second-order valence-electron chi connectivity index (χ2n) is 9.64. The summed E-state index contributed by atoms with van der Waals surface area (Å²) in [4.78, 5) is 19.7. The smallest absolute Gasteiger partial charge is 0.188 e. The topological polar surface area (TPSA) is 310 Å². The molecule has 3 aliphatic rings. The molecule has 15 atom stereocenters. The fourth-order valence-corrected chi connectivity index (χ4v) is 5.03. The van der Waals surface area contributed by atoms with Gasteiger partial charge in [-0.2, -0.15) is 0 Å². The van der Waals surface area contributed by atoms with Crippen LogP contribution >= 0.6 is 0 Å². The molecule has 0 aromatic carbocycles. The maximum atomic E-state index is 12.0. The molecule has 0 aromatic heterocycles. The molecular formula is C21H38N6O12. The first kappa shape index (κ1) is 31.5. The fourth-order valence-electron chi connectivity index (χ4n) is 5.03. The van der Waals surface area contributed by atoms with Crippen LogP contribution in [0.5, 0.6) is 0 Å². The van der Waals surface area contributed by atoms with Gasteiger partial charge in [-0.3, -0.25) is 9.79 Å². The van der Waals surface area contributed by atoms with Crippen LogP contribution in [0, 0.1) is 0 Å². The van der Waals surface area contributed by atoms with E-state index in [2.05, 4.69) is 15.3 Å². The van der Waals surface area contributed by atoms with Crippen LogP contribution in [-0.4, -0.2) is 159 Å². The number of rotatable bonds is 9. The number of aldehydes is 1. The van der Waals surface area contributed by atoms with Crippen molar-refractivity contribution in [2.24, 2.45) is 27.2 Å². The molecule has 3 rings (SSSR count). The number of carbonyl (C=O) groups excluding carboxylic acids is 1. The Balaban J connectivity index is 1.96. The lowest BCUT2D eigenvalue weighted by Crippen LogP contribution is -2.66. The van der Waals surface area contributed by atoms with Crippen LogP contribution in [-0.2, 0) is 23.7 Å². The monoisotopic (exact) mass is 566 g/mol. The summed E-state index contributed by atoms with van der Waals surface area (Å²) in [5.41, 5.74) is 13.9. The van der Waals surface area contributed by atoms with Crippen molar-refractivity contribution in [1.29, 1.82) is 0 Å². The molecule has 39 heavy (non-hydrogen) atoms. The fraction of sp³-hybridized carbons (Fsp3) is 0.857. The number of aliphatic hydroxyl groups excluding tert-OH is 6. The van der Waals surface area contributed by atoms with Crippen molar-refractivity contribution >= 4 is 18.6 Å². The van der Waals surface area contributed by atoms with Crippen molar-refractivity contribution in [3.05, 3.63) is 0 Å². The van der Waals surface area contributed by atoms with Gasteiger partial charge in [0.25, 0.3) is 0 Å².